The monoisotopic (exact) mass is 385 g/mol. The van der Waals surface area contributed by atoms with Crippen LogP contribution in [0.1, 0.15) is 57.9 Å². The van der Waals surface area contributed by atoms with Gasteiger partial charge in [-0.1, -0.05) is 6.07 Å². The predicted molar refractivity (Wildman–Crippen MR) is 94.9 cm³/mol. The fourth-order valence-corrected chi connectivity index (χ4v) is 5.45. The number of carbonyl (C=O) groups is 4. The molecule has 2 bridgehead atoms. The largest absolute Gasteiger partial charge is 0.316 e. The summed E-state index contributed by atoms with van der Waals surface area (Å²) in [6.45, 7) is 1.68. The molecule has 4 aliphatic rings. The number of nitrogens with one attached hydrogen (secondary N) is 2. The Morgan fingerprint density at radius 1 is 0.929 bits per heavy atom. The van der Waals surface area contributed by atoms with Crippen molar-refractivity contribution in [1.82, 2.24) is 15.5 Å². The number of imide groups is 2. The number of amides is 4. The lowest BCUT2D eigenvalue weighted by molar-refractivity contribution is -0.136. The van der Waals surface area contributed by atoms with Gasteiger partial charge in [-0.2, -0.15) is 0 Å². The van der Waals surface area contributed by atoms with Crippen LogP contribution in [-0.4, -0.2) is 47.7 Å². The Labute approximate surface area is 160 Å². The number of fused-ring (bicyclic) bond motifs is 3. The fourth-order valence-electron chi connectivity index (χ4n) is 5.45. The maximum Gasteiger partial charge on any atom is 0.265 e. The number of rotatable bonds is 2. The van der Waals surface area contributed by atoms with E-state index >= 15 is 0 Å². The first-order valence-corrected chi connectivity index (χ1v) is 9.72. The van der Waals surface area contributed by atoms with Crippen molar-refractivity contribution >= 4 is 23.6 Å². The second-order valence-electron chi connectivity index (χ2n) is 8.12. The van der Waals surface area contributed by atoms with Crippen LogP contribution in [-0.2, 0) is 9.59 Å². The van der Waals surface area contributed by atoms with Crippen LogP contribution in [0.15, 0.2) is 12.1 Å². The molecule has 28 heavy (non-hydrogen) atoms. The average molecular weight is 385 g/mol. The van der Waals surface area contributed by atoms with Gasteiger partial charge in [0.15, 0.2) is 0 Å². The van der Waals surface area contributed by atoms with Gasteiger partial charge in [0.1, 0.15) is 11.9 Å². The third-order valence-electron chi connectivity index (χ3n) is 6.67. The Morgan fingerprint density at radius 2 is 1.61 bits per heavy atom. The standard InChI is InChI=1S/C20H20FN3O4/c21-12-4-3-11(15-9-1-2-10(15)8-22-7-9)16-17(12)20(28)24(19(16)27)13-5-6-14(25)23-18(13)26/h3-4,9-10,13,15,22H,1-2,5-8H2,(H,23,25,26)/t9-,10+,13?,15-. The highest BCUT2D eigenvalue weighted by Gasteiger charge is 2.49. The molecule has 3 fully saturated rings. The maximum atomic E-state index is 14.6. The number of hydrogen-bond donors (Lipinski definition) is 2. The van der Waals surface area contributed by atoms with E-state index in [4.69, 9.17) is 0 Å². The fraction of sp³-hybridized carbons (Fsp3) is 0.500. The first-order chi connectivity index (χ1) is 13.5. The van der Waals surface area contributed by atoms with Gasteiger partial charge in [-0.05, 0) is 61.7 Å². The summed E-state index contributed by atoms with van der Waals surface area (Å²) in [6, 6.07) is 1.81. The number of nitrogens with zero attached hydrogens (tertiary/aromatic N) is 1. The van der Waals surface area contributed by atoms with E-state index in [1.165, 1.54) is 6.07 Å². The van der Waals surface area contributed by atoms with E-state index in [1.54, 1.807) is 6.07 Å². The summed E-state index contributed by atoms with van der Waals surface area (Å²) in [6.07, 6.45) is 2.17. The van der Waals surface area contributed by atoms with Crippen LogP contribution in [0.5, 0.6) is 0 Å². The topological polar surface area (TPSA) is 95.6 Å². The van der Waals surface area contributed by atoms with Crippen molar-refractivity contribution in [1.29, 1.82) is 0 Å². The highest BCUT2D eigenvalue weighted by Crippen LogP contribution is 2.48. The summed E-state index contributed by atoms with van der Waals surface area (Å²) in [5, 5.41) is 5.56. The van der Waals surface area contributed by atoms with Gasteiger partial charge in [-0.15, -0.1) is 0 Å². The molecular weight excluding hydrogens is 365 g/mol. The number of halogens is 1. The minimum Gasteiger partial charge on any atom is -0.316 e. The Bertz CT molecular complexity index is 914. The van der Waals surface area contributed by atoms with E-state index in [-0.39, 0.29) is 29.9 Å². The lowest BCUT2D eigenvalue weighted by Gasteiger charge is -2.32. The van der Waals surface area contributed by atoms with Gasteiger partial charge < -0.3 is 5.32 Å². The summed E-state index contributed by atoms with van der Waals surface area (Å²) in [5.74, 6) is -2.47. The van der Waals surface area contributed by atoms with Crippen LogP contribution in [0.2, 0.25) is 0 Å². The lowest BCUT2D eigenvalue weighted by atomic mass is 9.78. The Kier molecular flexibility index (Phi) is 3.87. The minimum absolute atomic E-state index is 0.0393. The predicted octanol–water partition coefficient (Wildman–Crippen LogP) is 0.940. The smallest absolute Gasteiger partial charge is 0.265 e. The van der Waals surface area contributed by atoms with Gasteiger partial charge in [-0.3, -0.25) is 29.4 Å². The number of piperidine rings is 2. The zero-order valence-corrected chi connectivity index (χ0v) is 15.2. The molecule has 146 valence electrons. The van der Waals surface area contributed by atoms with Gasteiger partial charge >= 0.3 is 0 Å². The third kappa shape index (κ3) is 2.37. The van der Waals surface area contributed by atoms with Crippen LogP contribution >= 0.6 is 0 Å². The molecule has 0 aromatic heterocycles. The summed E-state index contributed by atoms with van der Waals surface area (Å²) < 4.78 is 14.6. The van der Waals surface area contributed by atoms with Gasteiger partial charge in [-0.25, -0.2) is 4.39 Å². The molecular formula is C20H20FN3O4. The molecule has 3 aliphatic heterocycles. The molecule has 8 heteroatoms. The molecule has 3 heterocycles. The Hall–Kier alpha value is -2.61. The maximum absolute atomic E-state index is 14.6. The summed E-state index contributed by atoms with van der Waals surface area (Å²) in [7, 11) is 0. The average Bonchev–Trinajstić information content (AvgIpc) is 3.06. The van der Waals surface area contributed by atoms with E-state index in [0.717, 1.165) is 36.4 Å². The van der Waals surface area contributed by atoms with Crippen molar-refractivity contribution in [2.24, 2.45) is 11.8 Å². The van der Waals surface area contributed by atoms with Gasteiger partial charge in [0.2, 0.25) is 11.8 Å². The first kappa shape index (κ1) is 17.5. The van der Waals surface area contributed by atoms with Gasteiger partial charge in [0.05, 0.1) is 11.1 Å². The van der Waals surface area contributed by atoms with Crippen molar-refractivity contribution in [3.63, 3.8) is 0 Å². The molecule has 0 radical (unpaired) electrons. The summed E-state index contributed by atoms with van der Waals surface area (Å²) in [5.41, 5.74) is 0.599. The minimum atomic E-state index is -1.08. The molecule has 1 unspecified atom stereocenters. The highest BCUT2D eigenvalue weighted by molar-refractivity contribution is 6.24. The van der Waals surface area contributed by atoms with Crippen LogP contribution in [0.25, 0.3) is 0 Å². The van der Waals surface area contributed by atoms with Crippen LogP contribution < -0.4 is 10.6 Å². The van der Waals surface area contributed by atoms with Crippen LogP contribution in [0.4, 0.5) is 4.39 Å². The molecule has 4 amide bonds. The van der Waals surface area contributed by atoms with Gasteiger partial charge in [0, 0.05) is 6.42 Å². The normalized spacial score (nSPS) is 32.0. The SMILES string of the molecule is O=C1CCC(N2C(=O)c3c(F)ccc([C@@H]4[C@@H]5CC[C@H]4CNC5)c3C2=O)C(=O)N1. The third-order valence-corrected chi connectivity index (χ3v) is 6.67. The molecule has 2 N–H and O–H groups in total. The molecule has 1 aromatic rings. The lowest BCUT2D eigenvalue weighted by Crippen LogP contribution is -2.54. The molecule has 4 atom stereocenters. The molecule has 7 nitrogen and oxygen atoms in total. The molecule has 5 rings (SSSR count). The molecule has 1 saturated carbocycles. The van der Waals surface area contributed by atoms with E-state index in [0.29, 0.717) is 11.8 Å². The van der Waals surface area contributed by atoms with Crippen LogP contribution in [0, 0.1) is 17.7 Å². The second kappa shape index (κ2) is 6.20. The molecule has 1 aliphatic carbocycles. The van der Waals surface area contributed by atoms with Crippen molar-refractivity contribution < 1.29 is 23.6 Å². The van der Waals surface area contributed by atoms with Crippen LogP contribution in [0.3, 0.4) is 0 Å². The van der Waals surface area contributed by atoms with Gasteiger partial charge in [0.25, 0.3) is 11.8 Å². The van der Waals surface area contributed by atoms with E-state index in [9.17, 15) is 23.6 Å². The second-order valence-corrected chi connectivity index (χ2v) is 8.12. The van der Waals surface area contributed by atoms with E-state index in [2.05, 4.69) is 10.6 Å². The van der Waals surface area contributed by atoms with Crippen molar-refractivity contribution in [3.8, 4) is 0 Å². The number of benzene rings is 1. The zero-order chi connectivity index (χ0) is 19.6. The van der Waals surface area contributed by atoms with E-state index < -0.39 is 35.5 Å². The summed E-state index contributed by atoms with van der Waals surface area (Å²) >= 11 is 0. The molecule has 1 aromatic carbocycles. The highest BCUT2D eigenvalue weighted by atomic mass is 19.1. The Morgan fingerprint density at radius 3 is 2.29 bits per heavy atom. The first-order valence-electron chi connectivity index (χ1n) is 9.72. The Balaban J connectivity index is 1.58. The summed E-state index contributed by atoms with van der Waals surface area (Å²) in [4.78, 5) is 50.7. The quantitative estimate of drug-likeness (QED) is 0.739. The molecule has 2 saturated heterocycles. The van der Waals surface area contributed by atoms with Crippen molar-refractivity contribution in [2.75, 3.05) is 13.1 Å². The van der Waals surface area contributed by atoms with Crippen molar-refractivity contribution in [2.45, 2.75) is 37.6 Å². The number of hydrogen-bond acceptors (Lipinski definition) is 5. The zero-order valence-electron chi connectivity index (χ0n) is 15.2. The molecule has 0 spiro atoms. The van der Waals surface area contributed by atoms with E-state index in [1.807, 2.05) is 0 Å². The number of carbonyl (C=O) groups excluding carboxylic acids is 4. The van der Waals surface area contributed by atoms with Crippen molar-refractivity contribution in [3.05, 3.63) is 34.6 Å².